The van der Waals surface area contributed by atoms with E-state index in [0.717, 1.165) is 38.5 Å². The summed E-state index contributed by atoms with van der Waals surface area (Å²) in [6.45, 7) is 4.72. The highest BCUT2D eigenvalue weighted by molar-refractivity contribution is 8.00. The Morgan fingerprint density at radius 3 is 1.16 bits per heavy atom. The molecular formula is C112H91N5S2. The first kappa shape index (κ1) is 73.6. The minimum absolute atomic E-state index is 0.0820. The van der Waals surface area contributed by atoms with E-state index in [1.54, 1.807) is 0 Å². The highest BCUT2D eigenvalue weighted by Gasteiger charge is 2.38. The second-order valence-corrected chi connectivity index (χ2v) is 35.1. The summed E-state index contributed by atoms with van der Waals surface area (Å²) in [5.41, 5.74) is 27.9. The zero-order chi connectivity index (χ0) is 80.1. The van der Waals surface area contributed by atoms with E-state index in [0.29, 0.717) is 0 Å². The molecule has 0 saturated heterocycles. The number of fused-ring (bicyclic) bond motifs is 29. The molecule has 7 heteroatoms. The molecule has 0 fully saturated rings. The number of hydrogen-bond acceptors (Lipinski definition) is 7. The van der Waals surface area contributed by atoms with E-state index >= 15 is 0 Å². The van der Waals surface area contributed by atoms with Gasteiger partial charge in [0, 0.05) is 94.1 Å². The van der Waals surface area contributed by atoms with Gasteiger partial charge in [-0.25, -0.2) is 0 Å². The average Bonchev–Trinajstić information content (AvgIpc) is 1.55. The zero-order valence-corrected chi connectivity index (χ0v) is 69.9. The Morgan fingerprint density at radius 2 is 0.597 bits per heavy atom. The summed E-state index contributed by atoms with van der Waals surface area (Å²) in [4.78, 5) is 17.1. The molecule has 0 atom stereocenters. The van der Waals surface area contributed by atoms with Gasteiger partial charge >= 0.3 is 0 Å². The Balaban J connectivity index is 0.0000000923. The lowest BCUT2D eigenvalue weighted by Gasteiger charge is -2.31. The number of rotatable bonds is 0. The number of para-hydroxylation sites is 3. The van der Waals surface area contributed by atoms with Crippen LogP contribution < -0.4 is 24.5 Å². The molecule has 6 aliphatic rings. The molecule has 19 aromatic carbocycles. The van der Waals surface area contributed by atoms with E-state index < -0.39 is 0 Å². The van der Waals surface area contributed by atoms with Crippen LogP contribution in [0.1, 0.15) is 58.4 Å². The van der Waals surface area contributed by atoms with Gasteiger partial charge in [0.15, 0.2) is 0 Å². The summed E-state index contributed by atoms with van der Waals surface area (Å²) in [6, 6.07) is 128. The van der Waals surface area contributed by atoms with Crippen LogP contribution in [0.25, 0.3) is 97.3 Å². The van der Waals surface area contributed by atoms with Crippen LogP contribution in [0.3, 0.4) is 0 Å². The monoisotopic (exact) mass is 1570 g/mol. The topological polar surface area (TPSA) is 16.2 Å². The van der Waals surface area contributed by atoms with Gasteiger partial charge < -0.3 is 24.5 Å². The van der Waals surface area contributed by atoms with Gasteiger partial charge in [0.05, 0.1) is 28.4 Å². The van der Waals surface area contributed by atoms with E-state index in [1.165, 1.54) is 218 Å². The van der Waals surface area contributed by atoms with Gasteiger partial charge in [-0.3, -0.25) is 0 Å². The highest BCUT2D eigenvalue weighted by Crippen LogP contribution is 2.56. The first-order valence-electron chi connectivity index (χ1n) is 41.9. The summed E-state index contributed by atoms with van der Waals surface area (Å²) in [5, 5.41) is 21.4. The minimum atomic E-state index is 0.0820. The second kappa shape index (κ2) is 30.2. The summed E-state index contributed by atoms with van der Waals surface area (Å²) in [5.74, 6) is 0. The van der Waals surface area contributed by atoms with Crippen LogP contribution in [0, 0.1) is 0 Å². The fourth-order valence-electron chi connectivity index (χ4n) is 20.1. The van der Waals surface area contributed by atoms with Crippen molar-refractivity contribution in [3.05, 3.63) is 396 Å². The summed E-state index contributed by atoms with van der Waals surface area (Å²) < 4.78 is 0. The van der Waals surface area contributed by atoms with E-state index in [-0.39, 0.29) is 5.41 Å². The molecule has 0 N–H and O–H groups in total. The maximum absolute atomic E-state index is 2.40. The molecule has 576 valence electrons. The molecule has 1 aliphatic carbocycles. The van der Waals surface area contributed by atoms with Crippen LogP contribution in [-0.2, 0) is 43.9 Å². The van der Waals surface area contributed by atoms with Gasteiger partial charge in [0.1, 0.15) is 0 Å². The Kier molecular flexibility index (Phi) is 18.6. The number of nitrogens with zero attached hydrogens (tertiary/aromatic N) is 5. The number of anilines is 10. The molecule has 5 nitrogen and oxygen atoms in total. The minimum Gasteiger partial charge on any atom is -0.344 e. The molecule has 0 radical (unpaired) electrons. The predicted molar refractivity (Wildman–Crippen MR) is 513 cm³/mol. The first-order chi connectivity index (χ1) is 58.4. The van der Waals surface area contributed by atoms with Crippen molar-refractivity contribution in [3.8, 4) is 11.1 Å². The molecule has 0 bridgehead atoms. The molecular weight excluding hydrogens is 1480 g/mol. The van der Waals surface area contributed by atoms with Crippen molar-refractivity contribution in [1.29, 1.82) is 0 Å². The molecule has 0 spiro atoms. The van der Waals surface area contributed by atoms with Crippen molar-refractivity contribution < 1.29 is 0 Å². The molecule has 5 heterocycles. The summed E-state index contributed by atoms with van der Waals surface area (Å²) >= 11 is 3.78. The molecule has 0 unspecified atom stereocenters. The fraction of sp³-hybridized carbons (Fsp3) is 0.125. The second-order valence-electron chi connectivity index (χ2n) is 33.0. The van der Waals surface area contributed by atoms with Gasteiger partial charge in [-0.1, -0.05) is 322 Å². The predicted octanol–water partition coefficient (Wildman–Crippen LogP) is 30.0. The summed E-state index contributed by atoms with van der Waals surface area (Å²) in [7, 11) is 11.0. The van der Waals surface area contributed by atoms with Gasteiger partial charge in [-0.2, -0.15) is 0 Å². The Morgan fingerprint density at radius 1 is 0.235 bits per heavy atom. The third-order valence-corrected chi connectivity index (χ3v) is 28.5. The lowest BCUT2D eigenvalue weighted by Crippen LogP contribution is -2.16. The number of aryl methyl sites for hydroxylation is 5. The normalized spacial score (nSPS) is 14.1. The van der Waals surface area contributed by atoms with E-state index in [1.807, 2.05) is 23.5 Å². The third kappa shape index (κ3) is 12.7. The average molecular weight is 1570 g/mol. The molecule has 0 amide bonds. The summed E-state index contributed by atoms with van der Waals surface area (Å²) in [6.07, 6.45) is 6.56. The Hall–Kier alpha value is -13.0. The molecule has 19 aromatic rings. The van der Waals surface area contributed by atoms with E-state index in [9.17, 15) is 0 Å². The van der Waals surface area contributed by atoms with Gasteiger partial charge in [0.2, 0.25) is 0 Å². The molecule has 25 rings (SSSR count). The van der Waals surface area contributed by atoms with Crippen molar-refractivity contribution in [1.82, 2.24) is 0 Å². The SMILES string of the molecule is CN1c2cc3ccccc3cc2Sc2cc3ccccc3cc21.CN1c2ccc3ccccc3c2Sc2c1ccc1ccccc21.CN1c2ccccc2CCc2c1c1ccccc1c1ccccc21.CN1c2ccccc2CCc2c1ccc1c2-c2ccccc2C1(C)C.CN1c2ccccc2CCc2c1ccc1ccc3ccccc3c21. The van der Waals surface area contributed by atoms with E-state index in [4.69, 9.17) is 0 Å². The smallest absolute Gasteiger partial charge is 0.0556 e. The highest BCUT2D eigenvalue weighted by atomic mass is 32.2. The molecule has 5 aliphatic heterocycles. The van der Waals surface area contributed by atoms with Crippen LogP contribution in [0.2, 0.25) is 0 Å². The largest absolute Gasteiger partial charge is 0.344 e. The van der Waals surface area contributed by atoms with Gasteiger partial charge in [-0.15, -0.1) is 0 Å². The van der Waals surface area contributed by atoms with Gasteiger partial charge in [-0.05, 0) is 242 Å². The first-order valence-corrected chi connectivity index (χ1v) is 43.5. The maximum Gasteiger partial charge on any atom is 0.0556 e. The number of hydrogen-bond donors (Lipinski definition) is 0. The molecule has 0 saturated carbocycles. The number of benzene rings is 19. The Labute approximate surface area is 706 Å². The lowest BCUT2D eigenvalue weighted by molar-refractivity contribution is 0.660. The van der Waals surface area contributed by atoms with Crippen LogP contribution in [0.15, 0.2) is 371 Å². The standard InChI is InChI=1S/C24H23N.2C23H19N.2C21H15NS/c1-24(2)19-10-6-5-9-17(19)23-18-13-12-16-8-4-7-11-21(16)25(3)22(18)15-14-20(23)24;1-24-22-13-7-2-8-16(22)14-15-21-19-11-4-3-9-17(19)18-10-5-6-12-20(18)23(21)24;1-24-21-9-5-3-7-17(21)12-14-20-22(24)15-13-18-11-10-16-6-2-4-8-19(16)23(18)20;1-22-18-10-14-6-2-4-8-16(14)12-20(18)23-21-13-17-9-5-3-7-15(17)11-19(21)22;1-22-18-12-10-14-6-2-4-8-16(14)20(18)23-21-17-9-5-3-7-15(17)11-13-19(21)22/h4-11,14-15H,12-13H2,1-3H3;2-13H,14-15H2,1H3;2-11,13,15H,12,14H2,1H3;2*2-13H,1H3. The van der Waals surface area contributed by atoms with Crippen molar-refractivity contribution in [2.24, 2.45) is 0 Å². The Bertz CT molecular complexity index is 7120. The maximum atomic E-state index is 2.40. The van der Waals surface area contributed by atoms with Crippen molar-refractivity contribution >= 4 is 167 Å². The fourth-order valence-corrected chi connectivity index (χ4v) is 22.7. The van der Waals surface area contributed by atoms with Crippen LogP contribution in [0.4, 0.5) is 56.9 Å². The zero-order valence-electron chi connectivity index (χ0n) is 68.3. The van der Waals surface area contributed by atoms with Crippen molar-refractivity contribution in [2.45, 2.75) is 77.4 Å². The van der Waals surface area contributed by atoms with Crippen molar-refractivity contribution in [3.63, 3.8) is 0 Å². The third-order valence-electron chi connectivity index (χ3n) is 26.1. The molecule has 0 aromatic heterocycles. The van der Waals surface area contributed by atoms with Crippen LogP contribution in [-0.4, -0.2) is 35.2 Å². The van der Waals surface area contributed by atoms with Crippen LogP contribution in [0.5, 0.6) is 0 Å². The molecule has 119 heavy (non-hydrogen) atoms. The van der Waals surface area contributed by atoms with Crippen molar-refractivity contribution in [2.75, 3.05) is 59.7 Å². The lowest BCUT2D eigenvalue weighted by atomic mass is 9.82. The van der Waals surface area contributed by atoms with Crippen LogP contribution >= 0.6 is 23.5 Å². The van der Waals surface area contributed by atoms with E-state index in [2.05, 4.69) is 425 Å². The quantitative estimate of drug-likeness (QED) is 0.139. The van der Waals surface area contributed by atoms with Gasteiger partial charge in [0.25, 0.3) is 0 Å².